The number of benzene rings is 1. The molecular weight excluding hydrogens is 456 g/mol. The van der Waals surface area contributed by atoms with E-state index >= 15 is 0 Å². The Kier molecular flexibility index (Phi) is 6.59. The van der Waals surface area contributed by atoms with Gasteiger partial charge in [-0.1, -0.05) is 17.9 Å². The fourth-order valence-electron chi connectivity index (χ4n) is 4.21. The van der Waals surface area contributed by atoms with Crippen molar-refractivity contribution in [3.05, 3.63) is 82.9 Å². The number of carbonyl (C=O) groups is 1. The average molecular weight is 485 g/mol. The molecule has 0 radical (unpaired) electrons. The summed E-state index contributed by atoms with van der Waals surface area (Å²) in [6.45, 7) is 3.31. The van der Waals surface area contributed by atoms with Crippen LogP contribution in [-0.4, -0.2) is 66.0 Å². The van der Waals surface area contributed by atoms with Crippen molar-refractivity contribution >= 4 is 11.6 Å². The SMILES string of the molecule is Cc1cccc(Cc2ccnc(C(=O)N[C@H]3COc4ccc(C#CC5(O)COC5)cc4N(C)C3)c2)n1. The number of aryl methyl sites for hydroxylation is 1. The zero-order valence-electron chi connectivity index (χ0n) is 20.3. The van der Waals surface area contributed by atoms with E-state index in [9.17, 15) is 9.90 Å². The Morgan fingerprint density at radius 3 is 2.89 bits per heavy atom. The highest BCUT2D eigenvalue weighted by Crippen LogP contribution is 2.31. The van der Waals surface area contributed by atoms with Crippen molar-refractivity contribution in [2.24, 2.45) is 0 Å². The molecule has 184 valence electrons. The van der Waals surface area contributed by atoms with Crippen LogP contribution in [0.25, 0.3) is 0 Å². The number of nitrogens with zero attached hydrogens (tertiary/aromatic N) is 3. The number of rotatable bonds is 4. The zero-order valence-corrected chi connectivity index (χ0v) is 20.3. The number of hydrogen-bond donors (Lipinski definition) is 2. The Bertz CT molecular complexity index is 1340. The van der Waals surface area contributed by atoms with Gasteiger partial charge in [-0.3, -0.25) is 14.8 Å². The molecule has 5 rings (SSSR count). The van der Waals surface area contributed by atoms with Gasteiger partial charge in [0.25, 0.3) is 5.91 Å². The third-order valence-electron chi connectivity index (χ3n) is 6.15. The van der Waals surface area contributed by atoms with Crippen molar-refractivity contribution < 1.29 is 19.4 Å². The van der Waals surface area contributed by atoms with Crippen molar-refractivity contribution in [2.75, 3.05) is 38.3 Å². The maximum Gasteiger partial charge on any atom is 0.270 e. The Morgan fingerprint density at radius 2 is 2.11 bits per heavy atom. The first kappa shape index (κ1) is 23.8. The van der Waals surface area contributed by atoms with Gasteiger partial charge in [-0.15, -0.1) is 0 Å². The molecule has 8 heteroatoms. The predicted octanol–water partition coefficient (Wildman–Crippen LogP) is 2.12. The molecule has 8 nitrogen and oxygen atoms in total. The number of carbonyl (C=O) groups excluding carboxylic acids is 1. The predicted molar refractivity (Wildman–Crippen MR) is 135 cm³/mol. The number of fused-ring (bicyclic) bond motifs is 1. The van der Waals surface area contributed by atoms with Crippen LogP contribution in [0.15, 0.2) is 54.7 Å². The number of pyridine rings is 2. The molecule has 2 aromatic heterocycles. The number of anilines is 1. The smallest absolute Gasteiger partial charge is 0.270 e. The molecule has 36 heavy (non-hydrogen) atoms. The van der Waals surface area contributed by atoms with Crippen molar-refractivity contribution in [3.63, 3.8) is 0 Å². The van der Waals surface area contributed by atoms with Gasteiger partial charge in [0.05, 0.1) is 24.9 Å². The van der Waals surface area contributed by atoms with Crippen molar-refractivity contribution in [1.29, 1.82) is 0 Å². The van der Waals surface area contributed by atoms with Gasteiger partial charge in [0.2, 0.25) is 0 Å². The molecule has 0 unspecified atom stereocenters. The van der Waals surface area contributed by atoms with Crippen LogP contribution in [0, 0.1) is 18.8 Å². The topological polar surface area (TPSA) is 96.8 Å². The summed E-state index contributed by atoms with van der Waals surface area (Å²) >= 11 is 0. The normalized spacial score (nSPS) is 18.0. The van der Waals surface area contributed by atoms with Crippen molar-refractivity contribution in [1.82, 2.24) is 15.3 Å². The van der Waals surface area contributed by atoms with Crippen molar-refractivity contribution in [2.45, 2.75) is 25.0 Å². The monoisotopic (exact) mass is 484 g/mol. The van der Waals surface area contributed by atoms with Crippen LogP contribution in [0.2, 0.25) is 0 Å². The summed E-state index contributed by atoms with van der Waals surface area (Å²) in [6.07, 6.45) is 2.28. The van der Waals surface area contributed by atoms with Gasteiger partial charge in [-0.05, 0) is 55.0 Å². The van der Waals surface area contributed by atoms with Crippen LogP contribution in [0.1, 0.15) is 33.0 Å². The third-order valence-corrected chi connectivity index (χ3v) is 6.15. The Morgan fingerprint density at radius 1 is 1.25 bits per heavy atom. The lowest BCUT2D eigenvalue weighted by Crippen LogP contribution is -2.48. The largest absolute Gasteiger partial charge is 0.489 e. The van der Waals surface area contributed by atoms with Crippen LogP contribution >= 0.6 is 0 Å². The molecule has 1 saturated heterocycles. The Hall–Kier alpha value is -3.93. The number of amides is 1. The summed E-state index contributed by atoms with van der Waals surface area (Å²) in [5.74, 6) is 6.37. The van der Waals surface area contributed by atoms with Gasteiger partial charge >= 0.3 is 0 Å². The van der Waals surface area contributed by atoms with Crippen LogP contribution < -0.4 is 15.0 Å². The van der Waals surface area contributed by atoms with E-state index in [0.29, 0.717) is 25.3 Å². The molecule has 2 aliphatic rings. The van der Waals surface area contributed by atoms with Crippen LogP contribution in [-0.2, 0) is 11.2 Å². The number of likely N-dealkylation sites (N-methyl/N-ethyl adjacent to an activating group) is 1. The highest BCUT2D eigenvalue weighted by atomic mass is 16.5. The fourth-order valence-corrected chi connectivity index (χ4v) is 4.21. The van der Waals surface area contributed by atoms with E-state index in [4.69, 9.17) is 9.47 Å². The first-order valence-electron chi connectivity index (χ1n) is 11.9. The van der Waals surface area contributed by atoms with E-state index in [0.717, 1.165) is 34.0 Å². The van der Waals surface area contributed by atoms with E-state index in [1.807, 2.05) is 61.3 Å². The van der Waals surface area contributed by atoms with E-state index in [2.05, 4.69) is 27.1 Å². The van der Waals surface area contributed by atoms with Gasteiger partial charge in [-0.2, -0.15) is 0 Å². The van der Waals surface area contributed by atoms with Crippen LogP contribution in [0.4, 0.5) is 5.69 Å². The summed E-state index contributed by atoms with van der Waals surface area (Å²) in [7, 11) is 1.95. The minimum Gasteiger partial charge on any atom is -0.489 e. The summed E-state index contributed by atoms with van der Waals surface area (Å²) in [5.41, 5.74) is 3.83. The molecule has 2 N–H and O–H groups in total. The minimum atomic E-state index is -1.06. The number of nitrogens with one attached hydrogen (secondary N) is 1. The van der Waals surface area contributed by atoms with E-state index in [1.165, 1.54) is 0 Å². The lowest BCUT2D eigenvalue weighted by Gasteiger charge is -2.30. The fraction of sp³-hybridized carbons (Fsp3) is 0.321. The highest BCUT2D eigenvalue weighted by Gasteiger charge is 2.34. The average Bonchev–Trinajstić information content (AvgIpc) is 3.00. The van der Waals surface area contributed by atoms with Gasteiger partial charge < -0.3 is 24.8 Å². The molecule has 1 atom stereocenters. The Balaban J connectivity index is 1.24. The third kappa shape index (κ3) is 5.48. The summed E-state index contributed by atoms with van der Waals surface area (Å²) in [5, 5.41) is 13.2. The zero-order chi connectivity index (χ0) is 25.1. The second-order valence-corrected chi connectivity index (χ2v) is 9.32. The summed E-state index contributed by atoms with van der Waals surface area (Å²) in [4.78, 5) is 23.9. The molecule has 0 saturated carbocycles. The van der Waals surface area contributed by atoms with Crippen LogP contribution in [0.5, 0.6) is 5.75 Å². The molecule has 3 aromatic rings. The second-order valence-electron chi connectivity index (χ2n) is 9.32. The molecule has 1 amide bonds. The van der Waals surface area contributed by atoms with E-state index < -0.39 is 5.60 Å². The molecular formula is C28H28N4O4. The summed E-state index contributed by atoms with van der Waals surface area (Å²) < 4.78 is 11.1. The van der Waals surface area contributed by atoms with Crippen molar-refractivity contribution in [3.8, 4) is 17.6 Å². The molecule has 0 spiro atoms. The van der Waals surface area contributed by atoms with Gasteiger partial charge in [-0.25, -0.2) is 0 Å². The Labute approximate surface area is 210 Å². The maximum atomic E-state index is 13.0. The van der Waals surface area contributed by atoms with Gasteiger partial charge in [0.1, 0.15) is 18.1 Å². The van der Waals surface area contributed by atoms with E-state index in [1.54, 1.807) is 12.3 Å². The number of hydrogen-bond acceptors (Lipinski definition) is 7. The van der Waals surface area contributed by atoms with Gasteiger partial charge in [0.15, 0.2) is 5.60 Å². The molecule has 4 heterocycles. The standard InChI is InChI=1S/C28H28N4O4/c1-19-4-3-5-22(30-19)12-21-9-11-29-24(13-21)27(33)31-23-15-32(2)25-14-20(6-7-26(25)36-16-23)8-10-28(34)17-35-18-28/h3-7,9,11,13-14,23,34H,12,15-18H2,1-2H3,(H,31,33)/t23-/m1/s1. The number of aliphatic hydroxyl groups is 1. The molecule has 1 fully saturated rings. The highest BCUT2D eigenvalue weighted by molar-refractivity contribution is 5.92. The van der Waals surface area contributed by atoms with Crippen LogP contribution in [0.3, 0.4) is 0 Å². The number of aromatic nitrogens is 2. The minimum absolute atomic E-state index is 0.232. The lowest BCUT2D eigenvalue weighted by molar-refractivity contribution is -0.140. The summed E-state index contributed by atoms with van der Waals surface area (Å²) in [6, 6.07) is 15.0. The molecule has 2 aliphatic heterocycles. The lowest BCUT2D eigenvalue weighted by atomic mass is 10.0. The van der Waals surface area contributed by atoms with E-state index in [-0.39, 0.29) is 25.2 Å². The second kappa shape index (κ2) is 9.97. The quantitative estimate of drug-likeness (QED) is 0.548. The van der Waals surface area contributed by atoms with Gasteiger partial charge in [0, 0.05) is 43.2 Å². The first-order chi connectivity index (χ1) is 17.4. The number of ether oxygens (including phenoxy) is 2. The molecule has 1 aromatic carbocycles. The maximum absolute atomic E-state index is 13.0. The first-order valence-corrected chi connectivity index (χ1v) is 11.9. The molecule has 0 aliphatic carbocycles. The molecule has 0 bridgehead atoms.